The lowest BCUT2D eigenvalue weighted by atomic mass is 9.86. The van der Waals surface area contributed by atoms with Crippen LogP contribution in [0.1, 0.15) is 57.1 Å². The van der Waals surface area contributed by atoms with Gasteiger partial charge in [0.15, 0.2) is 15.6 Å². The van der Waals surface area contributed by atoms with Crippen LogP contribution in [0.5, 0.6) is 5.75 Å². The van der Waals surface area contributed by atoms with Crippen molar-refractivity contribution in [3.05, 3.63) is 77.2 Å². The fraction of sp³-hybridized carbons (Fsp3) is 0.429. The summed E-state index contributed by atoms with van der Waals surface area (Å²) in [6.07, 6.45) is -0.390. The molecule has 0 unspecified atom stereocenters. The molecule has 2 rings (SSSR count). The van der Waals surface area contributed by atoms with Gasteiger partial charge in [-0.1, -0.05) is 62.4 Å². The molecule has 0 aromatic heterocycles. The zero-order valence-electron chi connectivity index (χ0n) is 28.1. The lowest BCUT2D eigenvalue weighted by Crippen LogP contribution is -2.47. The number of phenols is 1. The van der Waals surface area contributed by atoms with Gasteiger partial charge in [-0.15, -0.1) is 0 Å². The first-order chi connectivity index (χ1) is 23.4. The van der Waals surface area contributed by atoms with Crippen molar-refractivity contribution >= 4 is 45.3 Å². The monoisotopic (exact) mass is 716 g/mol. The second kappa shape index (κ2) is 19.8. The Morgan fingerprint density at radius 3 is 2.02 bits per heavy atom. The number of nitrogens with one attached hydrogen (secondary N) is 2. The van der Waals surface area contributed by atoms with Crippen molar-refractivity contribution in [2.45, 2.75) is 71.1 Å². The number of amides is 2. The number of ketones is 1. The molecule has 0 bridgehead atoms. The van der Waals surface area contributed by atoms with Crippen molar-refractivity contribution in [3.63, 3.8) is 0 Å². The third kappa shape index (κ3) is 15.9. The highest BCUT2D eigenvalue weighted by molar-refractivity contribution is 7.93. The van der Waals surface area contributed by atoms with Crippen LogP contribution in [-0.4, -0.2) is 77.6 Å². The molecule has 0 heterocycles. The van der Waals surface area contributed by atoms with Crippen LogP contribution in [0, 0.1) is 17.8 Å². The van der Waals surface area contributed by atoms with Gasteiger partial charge in [-0.25, -0.2) is 8.42 Å². The summed E-state index contributed by atoms with van der Waals surface area (Å²) in [5.74, 6) is -8.03. The summed E-state index contributed by atoms with van der Waals surface area (Å²) in [6, 6.07) is 12.2. The highest BCUT2D eigenvalue weighted by atomic mass is 32.2. The van der Waals surface area contributed by atoms with E-state index < -0.39 is 94.4 Å². The van der Waals surface area contributed by atoms with Crippen LogP contribution >= 0.6 is 0 Å². The Bertz CT molecular complexity index is 1620. The van der Waals surface area contributed by atoms with Crippen molar-refractivity contribution in [3.8, 4) is 5.75 Å². The molecule has 2 amide bonds. The smallest absolute Gasteiger partial charge is 0.306 e. The van der Waals surface area contributed by atoms with E-state index in [1.807, 2.05) is 0 Å². The van der Waals surface area contributed by atoms with Crippen molar-refractivity contribution in [2.24, 2.45) is 17.8 Å². The molecule has 272 valence electrons. The van der Waals surface area contributed by atoms with E-state index >= 15 is 0 Å². The standard InChI is InChI=1S/C35H44N2O12S/c1-22(2)28(35(46)36-26(19-32(42)43)15-16-50(3,47)48)20-30(39)29(13-14-31(40)41)37-34(45)25(17-23-9-11-27(38)12-10-23)18-33(44)49-21-24-7-5-4-6-8-24/h4-12,15-16,22,25-26,28-29,38H,13-14,17-21H2,1-3H3,(H,36,46)(H,37,45)(H,40,41)(H,42,43)/b16-15+/t25-,26-,28+,29+/m1/s1. The van der Waals surface area contributed by atoms with E-state index in [2.05, 4.69) is 10.6 Å². The summed E-state index contributed by atoms with van der Waals surface area (Å²) in [5.41, 5.74) is 1.31. The first-order valence-corrected chi connectivity index (χ1v) is 17.8. The van der Waals surface area contributed by atoms with Crippen molar-refractivity contribution in [1.29, 1.82) is 0 Å². The normalized spacial score (nSPS) is 13.9. The van der Waals surface area contributed by atoms with Crippen molar-refractivity contribution < 1.29 is 57.2 Å². The largest absolute Gasteiger partial charge is 0.508 e. The fourth-order valence-electron chi connectivity index (χ4n) is 4.92. The molecule has 0 radical (unpaired) electrons. The van der Waals surface area contributed by atoms with Gasteiger partial charge in [0.25, 0.3) is 0 Å². The van der Waals surface area contributed by atoms with E-state index in [-0.39, 0.29) is 31.6 Å². The number of sulfone groups is 1. The van der Waals surface area contributed by atoms with E-state index in [1.165, 1.54) is 12.1 Å². The minimum absolute atomic E-state index is 0.00931. The topological polar surface area (TPSA) is 231 Å². The predicted octanol–water partition coefficient (Wildman–Crippen LogP) is 2.78. The number of benzene rings is 2. The van der Waals surface area contributed by atoms with Crippen LogP contribution < -0.4 is 10.6 Å². The molecule has 0 aliphatic carbocycles. The third-order valence-electron chi connectivity index (χ3n) is 7.64. The molecule has 4 atom stereocenters. The molecule has 0 aliphatic rings. The minimum atomic E-state index is -3.64. The molecule has 2 aromatic carbocycles. The summed E-state index contributed by atoms with van der Waals surface area (Å²) < 4.78 is 28.5. The Morgan fingerprint density at radius 2 is 1.46 bits per heavy atom. The number of hydrogen-bond acceptors (Lipinski definition) is 10. The number of esters is 1. The first-order valence-electron chi connectivity index (χ1n) is 15.9. The zero-order valence-corrected chi connectivity index (χ0v) is 28.9. The molecule has 50 heavy (non-hydrogen) atoms. The predicted molar refractivity (Wildman–Crippen MR) is 181 cm³/mol. The number of Topliss-reactive ketones (excluding diaryl/α,β-unsaturated/α-hetero) is 1. The highest BCUT2D eigenvalue weighted by Crippen LogP contribution is 2.21. The maximum absolute atomic E-state index is 13.7. The Morgan fingerprint density at radius 1 is 0.820 bits per heavy atom. The number of carboxylic acids is 2. The second-order valence-corrected chi connectivity index (χ2v) is 14.2. The summed E-state index contributed by atoms with van der Waals surface area (Å²) in [4.78, 5) is 76.3. The van der Waals surface area contributed by atoms with Gasteiger partial charge >= 0.3 is 17.9 Å². The van der Waals surface area contributed by atoms with Crippen LogP contribution in [0.3, 0.4) is 0 Å². The molecule has 0 spiro atoms. The lowest BCUT2D eigenvalue weighted by Gasteiger charge is -2.26. The van der Waals surface area contributed by atoms with Gasteiger partial charge in [0.1, 0.15) is 12.4 Å². The molecule has 15 heteroatoms. The summed E-state index contributed by atoms with van der Waals surface area (Å²) in [6.45, 7) is 3.23. The molecule has 14 nitrogen and oxygen atoms in total. The number of hydrogen-bond donors (Lipinski definition) is 5. The van der Waals surface area contributed by atoms with Crippen LogP contribution in [-0.2, 0) is 56.4 Å². The molecule has 5 N–H and O–H groups in total. The van der Waals surface area contributed by atoms with Gasteiger partial charge in [-0.05, 0) is 42.0 Å². The van der Waals surface area contributed by atoms with Gasteiger partial charge in [-0.3, -0.25) is 28.8 Å². The summed E-state index contributed by atoms with van der Waals surface area (Å²) in [7, 11) is -3.64. The Hall–Kier alpha value is -5.05. The van der Waals surface area contributed by atoms with Gasteiger partial charge in [-0.2, -0.15) is 0 Å². The van der Waals surface area contributed by atoms with E-state index in [4.69, 9.17) is 4.74 Å². The highest BCUT2D eigenvalue weighted by Gasteiger charge is 2.33. The summed E-state index contributed by atoms with van der Waals surface area (Å²) in [5, 5.41) is 34.1. The summed E-state index contributed by atoms with van der Waals surface area (Å²) >= 11 is 0. The maximum atomic E-state index is 13.7. The molecule has 0 aliphatic heterocycles. The Labute approximate surface area is 290 Å². The first kappa shape index (κ1) is 41.1. The van der Waals surface area contributed by atoms with Gasteiger partial charge in [0, 0.05) is 30.4 Å². The maximum Gasteiger partial charge on any atom is 0.306 e. The SMILES string of the molecule is CC(C)[C@H](CC(=O)[C@H](CCC(=O)O)NC(=O)[C@@H](CC(=O)OCc1ccccc1)Cc1ccc(O)cc1)C(=O)N[C@H](/C=C/S(C)(=O)=O)CC(=O)O. The number of carbonyl (C=O) groups is 6. The zero-order chi connectivity index (χ0) is 37.4. The molecular formula is C35H44N2O12S. The Kier molecular flexibility index (Phi) is 16.3. The number of rotatable bonds is 21. The average Bonchev–Trinajstić information content (AvgIpc) is 3.03. The van der Waals surface area contributed by atoms with E-state index in [0.717, 1.165) is 23.3 Å². The molecule has 0 saturated heterocycles. The lowest BCUT2D eigenvalue weighted by molar-refractivity contribution is -0.148. The molecule has 0 fully saturated rings. The van der Waals surface area contributed by atoms with Crippen molar-refractivity contribution in [2.75, 3.05) is 6.26 Å². The number of ether oxygens (including phenoxy) is 1. The van der Waals surface area contributed by atoms with Crippen LogP contribution in [0.15, 0.2) is 66.1 Å². The average molecular weight is 717 g/mol. The minimum Gasteiger partial charge on any atom is -0.508 e. The van der Waals surface area contributed by atoms with Crippen LogP contribution in [0.2, 0.25) is 0 Å². The van der Waals surface area contributed by atoms with Crippen LogP contribution in [0.25, 0.3) is 0 Å². The van der Waals surface area contributed by atoms with E-state index in [9.17, 15) is 52.5 Å². The van der Waals surface area contributed by atoms with Gasteiger partial charge in [0.05, 0.1) is 30.8 Å². The second-order valence-electron chi connectivity index (χ2n) is 12.3. The molecule has 0 saturated carbocycles. The number of aliphatic carboxylic acids is 2. The number of aromatic hydroxyl groups is 1. The number of carboxylic acid groups (broad SMARTS) is 2. The number of phenolic OH excluding ortho intramolecular Hbond substituents is 1. The van der Waals surface area contributed by atoms with Gasteiger partial charge < -0.3 is 30.7 Å². The Balaban J connectivity index is 2.28. The van der Waals surface area contributed by atoms with Gasteiger partial charge in [0.2, 0.25) is 11.8 Å². The number of carbonyl (C=O) groups excluding carboxylic acids is 4. The van der Waals surface area contributed by atoms with Crippen LogP contribution in [0.4, 0.5) is 0 Å². The fourth-order valence-corrected chi connectivity index (χ4v) is 5.39. The third-order valence-corrected chi connectivity index (χ3v) is 8.29. The van der Waals surface area contributed by atoms with E-state index in [1.54, 1.807) is 56.3 Å². The van der Waals surface area contributed by atoms with Crippen molar-refractivity contribution in [1.82, 2.24) is 10.6 Å². The quantitative estimate of drug-likeness (QED) is 0.117. The molecular weight excluding hydrogens is 672 g/mol. The van der Waals surface area contributed by atoms with E-state index in [0.29, 0.717) is 5.56 Å². The molecule has 2 aromatic rings.